The Labute approximate surface area is 214 Å². The van der Waals surface area contributed by atoms with Crippen molar-refractivity contribution in [3.8, 4) is 17.7 Å². The average molecular weight is 490 g/mol. The van der Waals surface area contributed by atoms with Crippen LogP contribution >= 0.6 is 0 Å². The van der Waals surface area contributed by atoms with Crippen LogP contribution in [0, 0.1) is 18.3 Å². The second-order valence-corrected chi connectivity index (χ2v) is 10.0. The number of fused-ring (bicyclic) bond motifs is 2. The van der Waals surface area contributed by atoms with E-state index < -0.39 is 0 Å². The molecule has 0 saturated heterocycles. The van der Waals surface area contributed by atoms with Crippen LogP contribution in [-0.4, -0.2) is 18.9 Å². The molecule has 0 spiro atoms. The van der Waals surface area contributed by atoms with E-state index in [0.717, 1.165) is 22.2 Å². The fraction of sp³-hybridized carbons (Fsp3) is 0.200. The molecule has 5 aromatic rings. The van der Waals surface area contributed by atoms with Crippen LogP contribution in [0.1, 0.15) is 43.3 Å². The van der Waals surface area contributed by atoms with Gasteiger partial charge in [-0.05, 0) is 59.9 Å². The quantitative estimate of drug-likeness (QED) is 0.287. The van der Waals surface area contributed by atoms with Gasteiger partial charge in [0.1, 0.15) is 23.0 Å². The highest BCUT2D eigenvalue weighted by Crippen LogP contribution is 2.29. The molecule has 0 unspecified atom stereocenters. The van der Waals surface area contributed by atoms with Crippen molar-refractivity contribution < 1.29 is 4.74 Å². The lowest BCUT2D eigenvalue weighted by atomic mass is 9.87. The van der Waals surface area contributed by atoms with Crippen LogP contribution in [0.15, 0.2) is 71.7 Å². The number of aromatic nitrogens is 4. The third kappa shape index (κ3) is 4.38. The lowest BCUT2D eigenvalue weighted by molar-refractivity contribution is 0.460. The highest BCUT2D eigenvalue weighted by Gasteiger charge is 2.19. The largest absolute Gasteiger partial charge is 0.438 e. The Morgan fingerprint density at radius 1 is 1.03 bits per heavy atom. The molecule has 7 heteroatoms. The highest BCUT2D eigenvalue weighted by atomic mass is 16.5. The molecule has 0 aliphatic rings. The van der Waals surface area contributed by atoms with E-state index in [0.29, 0.717) is 17.2 Å². The van der Waals surface area contributed by atoms with Crippen LogP contribution in [0.3, 0.4) is 0 Å². The number of imidazole rings is 1. The molecule has 0 amide bonds. The lowest BCUT2D eigenvalue weighted by Crippen LogP contribution is -2.19. The molecule has 3 heterocycles. The van der Waals surface area contributed by atoms with Crippen molar-refractivity contribution in [1.82, 2.24) is 18.9 Å². The van der Waals surface area contributed by atoms with E-state index in [1.807, 2.05) is 73.1 Å². The summed E-state index contributed by atoms with van der Waals surface area (Å²) in [5, 5.41) is 10.1. The highest BCUT2D eigenvalue weighted by molar-refractivity contribution is 5.91. The fourth-order valence-corrected chi connectivity index (χ4v) is 4.31. The standard InChI is InChI=1S/C30H27N5O2/c1-19-9-8-16-35-26(19)33-28(37-22-14-12-21(13-15-22)30(2,3)4)23(29(35)36)17-20(18-31)27-32-24-10-6-7-11-25(24)34(27)5/h6-17H,1-5H3/b20-17+. The van der Waals surface area contributed by atoms with Crippen LogP contribution in [0.2, 0.25) is 0 Å². The zero-order valence-electron chi connectivity index (χ0n) is 21.5. The second-order valence-electron chi connectivity index (χ2n) is 10.0. The predicted octanol–water partition coefficient (Wildman–Crippen LogP) is 6.04. The van der Waals surface area contributed by atoms with E-state index in [1.54, 1.807) is 12.3 Å². The summed E-state index contributed by atoms with van der Waals surface area (Å²) in [5.41, 5.74) is 4.21. The van der Waals surface area contributed by atoms with Gasteiger partial charge in [-0.1, -0.05) is 51.1 Å². The minimum atomic E-state index is -0.332. The van der Waals surface area contributed by atoms with Crippen molar-refractivity contribution in [2.45, 2.75) is 33.1 Å². The van der Waals surface area contributed by atoms with Gasteiger partial charge in [-0.25, -0.2) is 4.98 Å². The second kappa shape index (κ2) is 9.07. The van der Waals surface area contributed by atoms with Crippen molar-refractivity contribution in [2.75, 3.05) is 0 Å². The minimum Gasteiger partial charge on any atom is -0.438 e. The first kappa shape index (κ1) is 24.0. The maximum Gasteiger partial charge on any atom is 0.269 e. The predicted molar refractivity (Wildman–Crippen MR) is 146 cm³/mol. The van der Waals surface area contributed by atoms with Crippen molar-refractivity contribution in [2.24, 2.45) is 7.05 Å². The maximum absolute atomic E-state index is 13.7. The summed E-state index contributed by atoms with van der Waals surface area (Å²) in [4.78, 5) is 23.0. The van der Waals surface area contributed by atoms with E-state index in [-0.39, 0.29) is 28.0 Å². The Morgan fingerprint density at radius 2 is 1.76 bits per heavy atom. The number of pyridine rings is 1. The number of hydrogen-bond donors (Lipinski definition) is 0. The van der Waals surface area contributed by atoms with Gasteiger partial charge in [0.05, 0.1) is 16.6 Å². The van der Waals surface area contributed by atoms with Gasteiger partial charge in [0.25, 0.3) is 5.56 Å². The Bertz CT molecular complexity index is 1780. The maximum atomic E-state index is 13.7. The molecule has 3 aromatic heterocycles. The van der Waals surface area contributed by atoms with Crippen LogP contribution < -0.4 is 10.3 Å². The first-order chi connectivity index (χ1) is 17.7. The smallest absolute Gasteiger partial charge is 0.269 e. The number of nitrogens with zero attached hydrogens (tertiary/aromatic N) is 5. The van der Waals surface area contributed by atoms with Gasteiger partial charge in [0.2, 0.25) is 5.88 Å². The van der Waals surface area contributed by atoms with Gasteiger partial charge in [-0.3, -0.25) is 9.20 Å². The van der Waals surface area contributed by atoms with Gasteiger partial charge < -0.3 is 9.30 Å². The van der Waals surface area contributed by atoms with E-state index >= 15 is 0 Å². The SMILES string of the molecule is Cc1cccn2c(=O)c(/C=C(\C#N)c3nc4ccccc4n3C)c(Oc3ccc(C(C)(C)C)cc3)nc12. The molecule has 0 fully saturated rings. The number of rotatable bonds is 4. The lowest BCUT2D eigenvalue weighted by Gasteiger charge is -2.19. The molecule has 0 bridgehead atoms. The molecule has 0 aliphatic carbocycles. The Balaban J connectivity index is 1.70. The normalized spacial score (nSPS) is 12.2. The monoisotopic (exact) mass is 489 g/mol. The van der Waals surface area contributed by atoms with Crippen molar-refractivity contribution in [3.05, 3.63) is 99.7 Å². The van der Waals surface area contributed by atoms with Gasteiger partial charge in [0, 0.05) is 13.2 Å². The third-order valence-corrected chi connectivity index (χ3v) is 6.42. The summed E-state index contributed by atoms with van der Waals surface area (Å²) in [5.74, 6) is 1.14. The van der Waals surface area contributed by atoms with Crippen LogP contribution in [0.4, 0.5) is 0 Å². The first-order valence-electron chi connectivity index (χ1n) is 12.0. The molecule has 0 atom stereocenters. The van der Waals surface area contributed by atoms with Gasteiger partial charge in [0.15, 0.2) is 5.82 Å². The van der Waals surface area contributed by atoms with Gasteiger partial charge in [-0.2, -0.15) is 10.2 Å². The summed E-state index contributed by atoms with van der Waals surface area (Å²) >= 11 is 0. The topological polar surface area (TPSA) is 85.2 Å². The number of benzene rings is 2. The van der Waals surface area contributed by atoms with E-state index in [1.165, 1.54) is 10.5 Å². The molecule has 2 aromatic carbocycles. The molecule has 0 saturated carbocycles. The Kier molecular flexibility index (Phi) is 5.88. The molecule has 5 rings (SSSR count). The summed E-state index contributed by atoms with van der Waals surface area (Å²) < 4.78 is 9.50. The van der Waals surface area contributed by atoms with Crippen LogP contribution in [0.5, 0.6) is 11.6 Å². The average Bonchev–Trinajstić information content (AvgIpc) is 3.21. The molecule has 0 aliphatic heterocycles. The Hall–Kier alpha value is -4.70. The molecule has 0 radical (unpaired) electrons. The Morgan fingerprint density at radius 3 is 2.43 bits per heavy atom. The van der Waals surface area contributed by atoms with Crippen LogP contribution in [0.25, 0.3) is 28.3 Å². The summed E-state index contributed by atoms with van der Waals surface area (Å²) in [6, 6.07) is 21.3. The number of para-hydroxylation sites is 2. The van der Waals surface area contributed by atoms with Crippen LogP contribution in [-0.2, 0) is 12.5 Å². The minimum absolute atomic E-state index is 0.00310. The summed E-state index contributed by atoms with van der Waals surface area (Å²) in [7, 11) is 1.85. The molecular weight excluding hydrogens is 462 g/mol. The van der Waals surface area contributed by atoms with E-state index in [9.17, 15) is 10.1 Å². The van der Waals surface area contributed by atoms with Crippen molar-refractivity contribution in [1.29, 1.82) is 5.26 Å². The summed E-state index contributed by atoms with van der Waals surface area (Å²) in [6.45, 7) is 8.32. The van der Waals surface area contributed by atoms with E-state index in [4.69, 9.17) is 9.72 Å². The van der Waals surface area contributed by atoms with Crippen molar-refractivity contribution in [3.63, 3.8) is 0 Å². The number of nitriles is 1. The molecule has 0 N–H and O–H groups in total. The fourth-order valence-electron chi connectivity index (χ4n) is 4.31. The zero-order chi connectivity index (χ0) is 26.3. The molecule has 184 valence electrons. The van der Waals surface area contributed by atoms with Crippen molar-refractivity contribution >= 4 is 28.3 Å². The zero-order valence-corrected chi connectivity index (χ0v) is 21.5. The molecule has 37 heavy (non-hydrogen) atoms. The van der Waals surface area contributed by atoms with Gasteiger partial charge >= 0.3 is 0 Å². The molecule has 7 nitrogen and oxygen atoms in total. The number of aryl methyl sites for hydroxylation is 2. The number of allylic oxidation sites excluding steroid dienone is 1. The number of ether oxygens (including phenoxy) is 1. The molecular formula is C30H27N5O2. The van der Waals surface area contributed by atoms with E-state index in [2.05, 4.69) is 31.8 Å². The summed E-state index contributed by atoms with van der Waals surface area (Å²) in [6.07, 6.45) is 3.18. The number of hydrogen-bond acceptors (Lipinski definition) is 5. The third-order valence-electron chi connectivity index (χ3n) is 6.42. The first-order valence-corrected chi connectivity index (χ1v) is 12.0. The van der Waals surface area contributed by atoms with Gasteiger partial charge in [-0.15, -0.1) is 0 Å².